The fraction of sp³-hybridized carbons (Fsp3) is 0.273. The van der Waals surface area contributed by atoms with E-state index in [2.05, 4.69) is 15.6 Å². The van der Waals surface area contributed by atoms with Crippen molar-refractivity contribution in [3.8, 4) is 0 Å². The van der Waals surface area contributed by atoms with E-state index in [0.717, 1.165) is 18.7 Å². The van der Waals surface area contributed by atoms with E-state index in [1.54, 1.807) is 16.9 Å². The Balaban J connectivity index is 1.80. The van der Waals surface area contributed by atoms with Crippen LogP contribution in [0.5, 0.6) is 0 Å². The summed E-state index contributed by atoms with van der Waals surface area (Å²) >= 11 is 12.0. The second kappa shape index (κ2) is 6.00. The lowest BCUT2D eigenvalue weighted by Crippen LogP contribution is -2.20. The third-order valence-electron chi connectivity index (χ3n) is 2.34. The zero-order chi connectivity index (χ0) is 12.1. The van der Waals surface area contributed by atoms with Crippen LogP contribution in [0.15, 0.2) is 30.6 Å². The number of benzene rings is 1. The van der Waals surface area contributed by atoms with Crippen LogP contribution in [0.3, 0.4) is 0 Å². The molecule has 0 aliphatic carbocycles. The van der Waals surface area contributed by atoms with Crippen molar-refractivity contribution in [1.82, 2.24) is 20.3 Å². The third-order valence-corrected chi connectivity index (χ3v) is 3.19. The second-order valence-electron chi connectivity index (χ2n) is 3.56. The van der Waals surface area contributed by atoms with Gasteiger partial charge in [0, 0.05) is 19.3 Å². The molecule has 0 saturated heterocycles. The molecule has 0 amide bonds. The molecule has 0 aliphatic rings. The Kier molecular flexibility index (Phi) is 4.36. The van der Waals surface area contributed by atoms with Crippen LogP contribution in [-0.4, -0.2) is 21.5 Å². The topological polar surface area (TPSA) is 42.7 Å². The molecule has 17 heavy (non-hydrogen) atoms. The van der Waals surface area contributed by atoms with Gasteiger partial charge in [-0.1, -0.05) is 40.5 Å². The summed E-state index contributed by atoms with van der Waals surface area (Å²) in [4.78, 5) is 0. The van der Waals surface area contributed by atoms with Gasteiger partial charge in [0.2, 0.25) is 0 Å². The number of nitrogens with zero attached hydrogens (tertiary/aromatic N) is 3. The Hall–Kier alpha value is -1.10. The first kappa shape index (κ1) is 12.4. The summed E-state index contributed by atoms with van der Waals surface area (Å²) in [6.45, 7) is 2.26. The Labute approximate surface area is 110 Å². The molecule has 90 valence electrons. The van der Waals surface area contributed by atoms with Crippen LogP contribution < -0.4 is 5.32 Å². The maximum atomic E-state index is 6.07. The predicted octanol–water partition coefficient (Wildman–Crippen LogP) is 2.37. The molecule has 0 spiro atoms. The van der Waals surface area contributed by atoms with Crippen molar-refractivity contribution >= 4 is 23.2 Å². The first-order chi connectivity index (χ1) is 8.27. The molecule has 1 aromatic heterocycles. The molecule has 0 atom stereocenters. The Morgan fingerprint density at radius 2 is 2.18 bits per heavy atom. The first-order valence-corrected chi connectivity index (χ1v) is 6.00. The number of aromatic nitrogens is 3. The number of rotatable bonds is 5. The fourth-order valence-electron chi connectivity index (χ4n) is 1.45. The normalized spacial score (nSPS) is 10.7. The monoisotopic (exact) mass is 270 g/mol. The zero-order valence-electron chi connectivity index (χ0n) is 9.11. The summed E-state index contributed by atoms with van der Waals surface area (Å²) in [5.41, 5.74) is 0.998. The smallest absolute Gasteiger partial charge is 0.0692 e. The molecule has 1 aromatic carbocycles. The van der Waals surface area contributed by atoms with Gasteiger partial charge in [-0.25, -0.2) is 0 Å². The maximum absolute atomic E-state index is 6.07. The zero-order valence-corrected chi connectivity index (χ0v) is 10.6. The highest BCUT2D eigenvalue weighted by Gasteiger charge is 2.03. The van der Waals surface area contributed by atoms with Crippen molar-refractivity contribution in [3.05, 3.63) is 46.2 Å². The minimum Gasteiger partial charge on any atom is -0.311 e. The van der Waals surface area contributed by atoms with Crippen molar-refractivity contribution in [3.63, 3.8) is 0 Å². The minimum atomic E-state index is 0.585. The van der Waals surface area contributed by atoms with Crippen LogP contribution in [0.4, 0.5) is 0 Å². The van der Waals surface area contributed by atoms with Crippen LogP contribution >= 0.6 is 23.2 Å². The van der Waals surface area contributed by atoms with Crippen molar-refractivity contribution < 1.29 is 0 Å². The lowest BCUT2D eigenvalue weighted by atomic mass is 10.2. The molecule has 0 radical (unpaired) electrons. The highest BCUT2D eigenvalue weighted by molar-refractivity contribution is 6.42. The summed E-state index contributed by atoms with van der Waals surface area (Å²) in [6, 6.07) is 5.63. The SMILES string of the molecule is Clc1cccc(CNCCn2ccnn2)c1Cl. The first-order valence-electron chi connectivity index (χ1n) is 5.25. The third kappa shape index (κ3) is 3.43. The van der Waals surface area contributed by atoms with Crippen LogP contribution in [0, 0.1) is 0 Å². The van der Waals surface area contributed by atoms with Gasteiger partial charge in [0.05, 0.1) is 22.8 Å². The molecular weight excluding hydrogens is 259 g/mol. The molecule has 6 heteroatoms. The standard InChI is InChI=1S/C11H12Cl2N4/c12-10-3-1-2-9(11(10)13)8-14-4-6-17-7-5-15-16-17/h1-3,5,7,14H,4,6,8H2. The van der Waals surface area contributed by atoms with Crippen molar-refractivity contribution in [1.29, 1.82) is 0 Å². The Bertz CT molecular complexity index is 470. The summed E-state index contributed by atoms with van der Waals surface area (Å²) in [7, 11) is 0. The number of nitrogens with one attached hydrogen (secondary N) is 1. The Morgan fingerprint density at radius 3 is 2.94 bits per heavy atom. The van der Waals surface area contributed by atoms with E-state index in [9.17, 15) is 0 Å². The van der Waals surface area contributed by atoms with Gasteiger partial charge in [0.1, 0.15) is 0 Å². The highest BCUT2D eigenvalue weighted by atomic mass is 35.5. The van der Waals surface area contributed by atoms with E-state index in [-0.39, 0.29) is 0 Å². The molecular formula is C11H12Cl2N4. The van der Waals surface area contributed by atoms with Gasteiger partial charge in [0.15, 0.2) is 0 Å². The highest BCUT2D eigenvalue weighted by Crippen LogP contribution is 2.25. The van der Waals surface area contributed by atoms with E-state index in [0.29, 0.717) is 16.6 Å². The number of hydrogen-bond donors (Lipinski definition) is 1. The summed E-state index contributed by atoms with van der Waals surface area (Å²) in [6.07, 6.45) is 3.49. The van der Waals surface area contributed by atoms with E-state index in [1.165, 1.54) is 0 Å². The molecule has 1 heterocycles. The van der Waals surface area contributed by atoms with Gasteiger partial charge in [-0.3, -0.25) is 4.68 Å². The molecule has 2 rings (SSSR count). The molecule has 0 bridgehead atoms. The minimum absolute atomic E-state index is 0.585. The quantitative estimate of drug-likeness (QED) is 0.849. The van der Waals surface area contributed by atoms with E-state index in [1.807, 2.05) is 18.3 Å². The molecule has 0 saturated carbocycles. The van der Waals surface area contributed by atoms with Crippen molar-refractivity contribution in [2.75, 3.05) is 6.54 Å². The number of halogens is 2. The molecule has 0 unspecified atom stereocenters. The molecule has 2 aromatic rings. The van der Waals surface area contributed by atoms with Gasteiger partial charge < -0.3 is 5.32 Å². The average Bonchev–Trinajstić information content (AvgIpc) is 2.83. The molecule has 4 nitrogen and oxygen atoms in total. The van der Waals surface area contributed by atoms with E-state index < -0.39 is 0 Å². The van der Waals surface area contributed by atoms with Gasteiger partial charge in [-0.15, -0.1) is 5.10 Å². The largest absolute Gasteiger partial charge is 0.311 e. The van der Waals surface area contributed by atoms with E-state index >= 15 is 0 Å². The van der Waals surface area contributed by atoms with Crippen LogP contribution in [-0.2, 0) is 13.1 Å². The van der Waals surface area contributed by atoms with Crippen LogP contribution in [0.1, 0.15) is 5.56 Å². The summed E-state index contributed by atoms with van der Waals surface area (Å²) < 4.78 is 1.77. The lowest BCUT2D eigenvalue weighted by Gasteiger charge is -2.07. The van der Waals surface area contributed by atoms with E-state index in [4.69, 9.17) is 23.2 Å². The summed E-state index contributed by atoms with van der Waals surface area (Å²) in [5.74, 6) is 0. The molecule has 1 N–H and O–H groups in total. The van der Waals surface area contributed by atoms with Gasteiger partial charge in [0.25, 0.3) is 0 Å². The lowest BCUT2D eigenvalue weighted by molar-refractivity contribution is 0.540. The molecule has 0 aliphatic heterocycles. The maximum Gasteiger partial charge on any atom is 0.0692 e. The second-order valence-corrected chi connectivity index (χ2v) is 4.34. The van der Waals surface area contributed by atoms with Gasteiger partial charge in [-0.2, -0.15) is 0 Å². The van der Waals surface area contributed by atoms with Crippen LogP contribution in [0.2, 0.25) is 10.0 Å². The van der Waals surface area contributed by atoms with Crippen LogP contribution in [0.25, 0.3) is 0 Å². The average molecular weight is 271 g/mol. The van der Waals surface area contributed by atoms with Crippen molar-refractivity contribution in [2.45, 2.75) is 13.1 Å². The van der Waals surface area contributed by atoms with Crippen molar-refractivity contribution in [2.24, 2.45) is 0 Å². The fourth-order valence-corrected chi connectivity index (χ4v) is 1.84. The number of hydrogen-bond acceptors (Lipinski definition) is 3. The summed E-state index contributed by atoms with van der Waals surface area (Å²) in [5, 5.41) is 12.1. The Morgan fingerprint density at radius 1 is 1.29 bits per heavy atom. The predicted molar refractivity (Wildman–Crippen MR) is 68.2 cm³/mol. The molecule has 0 fully saturated rings. The van der Waals surface area contributed by atoms with Gasteiger partial charge in [-0.05, 0) is 11.6 Å². The van der Waals surface area contributed by atoms with Gasteiger partial charge >= 0.3 is 0 Å².